The normalized spacial score (nSPS) is 21.2. The minimum Gasteiger partial charge on any atom is -0.394 e. The van der Waals surface area contributed by atoms with Crippen LogP contribution in [0.3, 0.4) is 0 Å². The monoisotopic (exact) mass is 469 g/mol. The van der Waals surface area contributed by atoms with Crippen molar-refractivity contribution in [2.24, 2.45) is 0 Å². The molecule has 3 aromatic rings. The summed E-state index contributed by atoms with van der Waals surface area (Å²) in [6, 6.07) is 5.87. The maximum absolute atomic E-state index is 12.7. The van der Waals surface area contributed by atoms with Gasteiger partial charge in [-0.3, -0.25) is 9.19 Å². The van der Waals surface area contributed by atoms with E-state index in [1.807, 2.05) is 18.3 Å². The molecule has 4 heterocycles. The molecule has 32 heavy (non-hydrogen) atoms. The number of aryl methyl sites for hydroxylation is 1. The molecule has 2 aromatic heterocycles. The van der Waals surface area contributed by atoms with Gasteiger partial charge in [0.25, 0.3) is 0 Å². The molecule has 1 fully saturated rings. The molecular weight excluding hydrogens is 446 g/mol. The van der Waals surface area contributed by atoms with E-state index in [1.165, 1.54) is 11.1 Å². The summed E-state index contributed by atoms with van der Waals surface area (Å²) in [5.41, 5.74) is 3.89. The number of nitrogens with one attached hydrogen (secondary N) is 1. The molecule has 0 bridgehead atoms. The van der Waals surface area contributed by atoms with Crippen molar-refractivity contribution in [2.45, 2.75) is 49.1 Å². The highest BCUT2D eigenvalue weighted by molar-refractivity contribution is 7.85. The molecule has 0 saturated heterocycles. The Morgan fingerprint density at radius 3 is 2.91 bits per heavy atom. The molecule has 7 nitrogen and oxygen atoms in total. The van der Waals surface area contributed by atoms with Crippen molar-refractivity contribution in [1.29, 1.82) is 0 Å². The van der Waals surface area contributed by atoms with Crippen molar-refractivity contribution in [2.75, 3.05) is 29.1 Å². The van der Waals surface area contributed by atoms with Crippen LogP contribution in [0.4, 0.5) is 11.8 Å². The van der Waals surface area contributed by atoms with Gasteiger partial charge in [0.2, 0.25) is 5.95 Å². The molecule has 6 rings (SSSR count). The zero-order valence-corrected chi connectivity index (χ0v) is 19.2. The number of aromatic nitrogens is 3. The predicted octanol–water partition coefficient (Wildman–Crippen LogP) is 3.23. The van der Waals surface area contributed by atoms with Gasteiger partial charge >= 0.3 is 0 Å². The van der Waals surface area contributed by atoms with Crippen LogP contribution in [0.5, 0.6) is 0 Å². The van der Waals surface area contributed by atoms with Crippen molar-refractivity contribution in [1.82, 2.24) is 15.0 Å². The molecule has 0 amide bonds. The van der Waals surface area contributed by atoms with Crippen LogP contribution < -0.4 is 10.2 Å². The van der Waals surface area contributed by atoms with Gasteiger partial charge in [0.15, 0.2) is 0 Å². The van der Waals surface area contributed by atoms with E-state index in [-0.39, 0.29) is 12.1 Å². The van der Waals surface area contributed by atoms with E-state index < -0.39 is 10.8 Å². The summed E-state index contributed by atoms with van der Waals surface area (Å²) in [5, 5.41) is 15.2. The summed E-state index contributed by atoms with van der Waals surface area (Å²) in [4.78, 5) is 17.2. The van der Waals surface area contributed by atoms with E-state index >= 15 is 0 Å². The fourth-order valence-electron chi connectivity index (χ4n) is 4.99. The van der Waals surface area contributed by atoms with Crippen LogP contribution in [0.25, 0.3) is 10.9 Å². The highest BCUT2D eigenvalue weighted by Crippen LogP contribution is 2.39. The number of anilines is 2. The Morgan fingerprint density at radius 1 is 1.25 bits per heavy atom. The van der Waals surface area contributed by atoms with E-state index in [1.54, 1.807) is 0 Å². The summed E-state index contributed by atoms with van der Waals surface area (Å²) in [7, 11) is -1.10. The first-order valence-electron chi connectivity index (χ1n) is 11.0. The lowest BCUT2D eigenvalue weighted by Gasteiger charge is -2.41. The Morgan fingerprint density at radius 2 is 2.12 bits per heavy atom. The third-order valence-corrected chi connectivity index (χ3v) is 8.67. The van der Waals surface area contributed by atoms with Gasteiger partial charge in [-0.2, -0.15) is 4.98 Å². The SMILES string of the molecule is O=[S@]1CCc2nc(N3CCc4c(cnc5cc(Cl)ccc45)C3)nc(NC3(CO)CCC3)c21. The molecule has 0 radical (unpaired) electrons. The lowest BCUT2D eigenvalue weighted by molar-refractivity contribution is 0.143. The van der Waals surface area contributed by atoms with E-state index in [0.29, 0.717) is 35.5 Å². The standard InChI is InChI=1S/C23H24ClN5O2S/c24-15-2-3-17-16-4-8-29(12-14(16)11-25-19(17)10-15)22-26-18-5-9-32(31)20(18)21(27-22)28-23(13-30)6-1-7-23/h2-3,10-11,30H,1,4-9,12-13H2,(H,26,27,28)/t32-/m0/s1. The number of hydrogen-bond acceptors (Lipinski definition) is 7. The number of nitrogens with zero attached hydrogens (tertiary/aromatic N) is 4. The lowest BCUT2D eigenvalue weighted by atomic mass is 9.77. The minimum atomic E-state index is -1.10. The van der Waals surface area contributed by atoms with Crippen LogP contribution >= 0.6 is 11.6 Å². The Hall–Kier alpha value is -2.29. The van der Waals surface area contributed by atoms with Gasteiger partial charge < -0.3 is 15.3 Å². The first-order valence-corrected chi connectivity index (χ1v) is 12.7. The van der Waals surface area contributed by atoms with Gasteiger partial charge in [-0.1, -0.05) is 17.7 Å². The molecule has 1 aromatic carbocycles. The molecule has 1 saturated carbocycles. The van der Waals surface area contributed by atoms with Crippen LogP contribution in [-0.2, 0) is 30.2 Å². The Balaban J connectivity index is 1.36. The molecule has 2 aliphatic heterocycles. The molecule has 0 unspecified atom stereocenters. The van der Waals surface area contributed by atoms with E-state index in [9.17, 15) is 9.32 Å². The van der Waals surface area contributed by atoms with Crippen molar-refractivity contribution < 1.29 is 9.32 Å². The summed E-state index contributed by atoms with van der Waals surface area (Å²) < 4.78 is 12.7. The quantitative estimate of drug-likeness (QED) is 0.606. The maximum atomic E-state index is 12.7. The second-order valence-corrected chi connectivity index (χ2v) is 10.9. The molecule has 2 N–H and O–H groups in total. The largest absolute Gasteiger partial charge is 0.394 e. The maximum Gasteiger partial charge on any atom is 0.227 e. The topological polar surface area (TPSA) is 91.2 Å². The molecule has 166 valence electrons. The zero-order valence-electron chi connectivity index (χ0n) is 17.6. The number of hydrogen-bond donors (Lipinski definition) is 2. The second-order valence-electron chi connectivity index (χ2n) is 8.96. The zero-order chi connectivity index (χ0) is 21.9. The fourth-order valence-corrected chi connectivity index (χ4v) is 6.46. The number of aliphatic hydroxyl groups is 1. The van der Waals surface area contributed by atoms with Crippen molar-refractivity contribution in [3.05, 3.63) is 46.2 Å². The second kappa shape index (κ2) is 7.64. The van der Waals surface area contributed by atoms with Crippen LogP contribution in [0.1, 0.15) is 36.1 Å². The third kappa shape index (κ3) is 3.27. The number of aliphatic hydroxyl groups excluding tert-OH is 1. The molecular formula is C23H24ClN5O2S. The van der Waals surface area contributed by atoms with E-state index in [0.717, 1.165) is 53.7 Å². The average Bonchev–Trinajstić information content (AvgIpc) is 3.16. The molecule has 9 heteroatoms. The van der Waals surface area contributed by atoms with Gasteiger partial charge in [0.1, 0.15) is 10.7 Å². The number of pyridine rings is 1. The van der Waals surface area contributed by atoms with Crippen LogP contribution in [0.2, 0.25) is 5.02 Å². The first kappa shape index (κ1) is 20.3. The molecule has 0 spiro atoms. The molecule has 1 aliphatic carbocycles. The highest BCUT2D eigenvalue weighted by atomic mass is 35.5. The number of fused-ring (bicyclic) bond motifs is 4. The average molecular weight is 470 g/mol. The predicted molar refractivity (Wildman–Crippen MR) is 126 cm³/mol. The van der Waals surface area contributed by atoms with Gasteiger partial charge in [0, 0.05) is 41.9 Å². The van der Waals surface area contributed by atoms with Crippen molar-refractivity contribution >= 4 is 45.1 Å². The molecule has 1 atom stereocenters. The number of benzene rings is 1. The summed E-state index contributed by atoms with van der Waals surface area (Å²) >= 11 is 6.14. The molecule has 3 aliphatic rings. The Bertz CT molecular complexity index is 1260. The summed E-state index contributed by atoms with van der Waals surface area (Å²) in [6.45, 7) is 1.52. The van der Waals surface area contributed by atoms with Gasteiger partial charge in [-0.25, -0.2) is 4.98 Å². The van der Waals surface area contributed by atoms with Gasteiger partial charge in [0.05, 0.1) is 34.2 Å². The van der Waals surface area contributed by atoms with Gasteiger partial charge in [-0.05, 0) is 48.9 Å². The minimum absolute atomic E-state index is 0.0492. The van der Waals surface area contributed by atoms with E-state index in [4.69, 9.17) is 21.6 Å². The van der Waals surface area contributed by atoms with Crippen LogP contribution in [-0.4, -0.2) is 48.7 Å². The smallest absolute Gasteiger partial charge is 0.227 e. The number of rotatable bonds is 4. The summed E-state index contributed by atoms with van der Waals surface area (Å²) in [5.74, 6) is 1.86. The Labute approximate surface area is 193 Å². The van der Waals surface area contributed by atoms with Crippen molar-refractivity contribution in [3.8, 4) is 0 Å². The Kier molecular flexibility index (Phi) is 4.85. The van der Waals surface area contributed by atoms with Crippen LogP contribution in [0, 0.1) is 0 Å². The van der Waals surface area contributed by atoms with E-state index in [2.05, 4.69) is 21.3 Å². The highest BCUT2D eigenvalue weighted by Gasteiger charge is 2.39. The summed E-state index contributed by atoms with van der Waals surface area (Å²) in [6.07, 6.45) is 6.35. The first-order chi connectivity index (χ1) is 15.5. The fraction of sp³-hybridized carbons (Fsp3) is 0.435. The van der Waals surface area contributed by atoms with Crippen molar-refractivity contribution in [3.63, 3.8) is 0 Å². The lowest BCUT2D eigenvalue weighted by Crippen LogP contribution is -2.48. The van der Waals surface area contributed by atoms with Gasteiger partial charge in [-0.15, -0.1) is 0 Å². The third-order valence-electron chi connectivity index (χ3n) is 6.98. The number of halogens is 1. The van der Waals surface area contributed by atoms with Crippen LogP contribution in [0.15, 0.2) is 29.3 Å².